The summed E-state index contributed by atoms with van der Waals surface area (Å²) in [4.78, 5) is 13.5. The molecule has 0 aromatic carbocycles. The maximum atomic E-state index is 11.6. The molecule has 0 radical (unpaired) electrons. The van der Waals surface area contributed by atoms with E-state index in [9.17, 15) is 4.79 Å². The van der Waals surface area contributed by atoms with E-state index in [0.717, 1.165) is 32.5 Å². The summed E-state index contributed by atoms with van der Waals surface area (Å²) >= 11 is 0. The monoisotopic (exact) mass is 212 g/mol. The van der Waals surface area contributed by atoms with Crippen LogP contribution in [-0.4, -0.2) is 43.3 Å². The van der Waals surface area contributed by atoms with Gasteiger partial charge in [0, 0.05) is 19.1 Å². The van der Waals surface area contributed by atoms with Crippen LogP contribution < -0.4 is 5.32 Å². The summed E-state index contributed by atoms with van der Waals surface area (Å²) < 4.78 is 5.19. The van der Waals surface area contributed by atoms with E-state index in [1.807, 2.05) is 4.90 Å². The summed E-state index contributed by atoms with van der Waals surface area (Å²) in [5.74, 6) is 0.656. The normalized spacial score (nSPS) is 29.3. The fourth-order valence-corrected chi connectivity index (χ4v) is 2.39. The number of rotatable bonds is 3. The Morgan fingerprint density at radius 3 is 3.13 bits per heavy atom. The zero-order valence-electron chi connectivity index (χ0n) is 9.37. The quantitative estimate of drug-likeness (QED) is 0.715. The van der Waals surface area contributed by atoms with Gasteiger partial charge in [0.2, 0.25) is 0 Å². The molecule has 2 fully saturated rings. The second-order valence-electron chi connectivity index (χ2n) is 4.48. The van der Waals surface area contributed by atoms with Crippen molar-refractivity contribution < 1.29 is 9.53 Å². The van der Waals surface area contributed by atoms with Gasteiger partial charge in [0.1, 0.15) is 0 Å². The minimum absolute atomic E-state index is 0.125. The Hall–Kier alpha value is -0.770. The molecule has 2 unspecified atom stereocenters. The van der Waals surface area contributed by atoms with Crippen molar-refractivity contribution in [3.63, 3.8) is 0 Å². The number of hydrogen-bond acceptors (Lipinski definition) is 3. The van der Waals surface area contributed by atoms with Crippen molar-refractivity contribution in [2.24, 2.45) is 5.92 Å². The second kappa shape index (κ2) is 4.84. The van der Waals surface area contributed by atoms with Crippen LogP contribution in [0.5, 0.6) is 0 Å². The van der Waals surface area contributed by atoms with Gasteiger partial charge in [-0.15, -0.1) is 0 Å². The molecule has 4 nitrogen and oxygen atoms in total. The van der Waals surface area contributed by atoms with Crippen molar-refractivity contribution in [3.05, 3.63) is 0 Å². The molecule has 2 aliphatic heterocycles. The van der Waals surface area contributed by atoms with Gasteiger partial charge < -0.3 is 15.0 Å². The molecule has 2 aliphatic rings. The number of ether oxygens (including phenoxy) is 1. The number of unbranched alkanes of at least 4 members (excludes halogenated alkanes) is 1. The smallest absolute Gasteiger partial charge is 0.409 e. The summed E-state index contributed by atoms with van der Waals surface area (Å²) in [6.07, 6.45) is 3.11. The van der Waals surface area contributed by atoms with Crippen LogP contribution in [0.3, 0.4) is 0 Å². The molecule has 0 aromatic heterocycles. The molecule has 2 atom stereocenters. The van der Waals surface area contributed by atoms with E-state index in [1.165, 1.54) is 6.42 Å². The summed E-state index contributed by atoms with van der Waals surface area (Å²) in [5, 5.41) is 3.42. The average molecular weight is 212 g/mol. The SMILES string of the molecule is CCCCOC(=O)N1CC2CCNC2C1. The van der Waals surface area contributed by atoms with Crippen LogP contribution in [0.1, 0.15) is 26.2 Å². The predicted octanol–water partition coefficient (Wildman–Crippen LogP) is 1.22. The van der Waals surface area contributed by atoms with Crippen LogP contribution >= 0.6 is 0 Å². The van der Waals surface area contributed by atoms with E-state index in [4.69, 9.17) is 4.74 Å². The van der Waals surface area contributed by atoms with Gasteiger partial charge in [0.25, 0.3) is 0 Å². The number of amides is 1. The van der Waals surface area contributed by atoms with Gasteiger partial charge in [-0.05, 0) is 25.3 Å². The zero-order chi connectivity index (χ0) is 10.7. The van der Waals surface area contributed by atoms with Gasteiger partial charge in [-0.1, -0.05) is 13.3 Å². The van der Waals surface area contributed by atoms with Crippen molar-refractivity contribution in [2.75, 3.05) is 26.2 Å². The van der Waals surface area contributed by atoms with Crippen LogP contribution in [0.25, 0.3) is 0 Å². The Balaban J connectivity index is 1.73. The topological polar surface area (TPSA) is 41.6 Å². The highest BCUT2D eigenvalue weighted by Gasteiger charge is 2.38. The Kier molecular flexibility index (Phi) is 3.46. The average Bonchev–Trinajstić information content (AvgIpc) is 2.76. The molecule has 0 spiro atoms. The van der Waals surface area contributed by atoms with Crippen molar-refractivity contribution in [2.45, 2.75) is 32.2 Å². The first-order valence-corrected chi connectivity index (χ1v) is 5.96. The molecular weight excluding hydrogens is 192 g/mol. The predicted molar refractivity (Wildman–Crippen MR) is 57.7 cm³/mol. The molecule has 2 saturated heterocycles. The van der Waals surface area contributed by atoms with Gasteiger partial charge in [0.05, 0.1) is 6.61 Å². The molecule has 86 valence electrons. The molecule has 2 heterocycles. The molecular formula is C11H20N2O2. The summed E-state index contributed by atoms with van der Waals surface area (Å²) in [5.41, 5.74) is 0. The minimum Gasteiger partial charge on any atom is -0.449 e. The van der Waals surface area contributed by atoms with E-state index in [-0.39, 0.29) is 6.09 Å². The summed E-state index contributed by atoms with van der Waals surface area (Å²) in [7, 11) is 0. The third-order valence-electron chi connectivity index (χ3n) is 3.34. The van der Waals surface area contributed by atoms with Gasteiger partial charge in [-0.25, -0.2) is 4.79 Å². The molecule has 4 heteroatoms. The zero-order valence-corrected chi connectivity index (χ0v) is 9.37. The maximum Gasteiger partial charge on any atom is 0.409 e. The molecule has 15 heavy (non-hydrogen) atoms. The molecule has 1 amide bonds. The van der Waals surface area contributed by atoms with E-state index in [0.29, 0.717) is 18.6 Å². The first-order chi connectivity index (χ1) is 7.31. The van der Waals surface area contributed by atoms with E-state index in [2.05, 4.69) is 12.2 Å². The minimum atomic E-state index is -0.125. The fraction of sp³-hybridized carbons (Fsp3) is 0.909. The largest absolute Gasteiger partial charge is 0.449 e. The van der Waals surface area contributed by atoms with Gasteiger partial charge in [-0.3, -0.25) is 0 Å². The first-order valence-electron chi connectivity index (χ1n) is 5.96. The third kappa shape index (κ3) is 2.43. The lowest BCUT2D eigenvalue weighted by atomic mass is 10.1. The van der Waals surface area contributed by atoms with Gasteiger partial charge in [-0.2, -0.15) is 0 Å². The number of carbonyl (C=O) groups is 1. The van der Waals surface area contributed by atoms with E-state index >= 15 is 0 Å². The van der Waals surface area contributed by atoms with Crippen molar-refractivity contribution in [1.82, 2.24) is 10.2 Å². The second-order valence-corrected chi connectivity index (χ2v) is 4.48. The highest BCUT2D eigenvalue weighted by atomic mass is 16.6. The molecule has 0 aliphatic carbocycles. The lowest BCUT2D eigenvalue weighted by Crippen LogP contribution is -2.34. The number of carbonyl (C=O) groups excluding carboxylic acids is 1. The van der Waals surface area contributed by atoms with Crippen molar-refractivity contribution in [3.8, 4) is 0 Å². The number of likely N-dealkylation sites (tertiary alicyclic amines) is 1. The summed E-state index contributed by atoms with van der Waals surface area (Å²) in [6, 6.07) is 0.517. The van der Waals surface area contributed by atoms with Crippen LogP contribution in [0.15, 0.2) is 0 Å². The number of nitrogens with one attached hydrogen (secondary N) is 1. The Bertz CT molecular complexity index is 221. The maximum absolute atomic E-state index is 11.6. The molecule has 2 rings (SSSR count). The van der Waals surface area contributed by atoms with Gasteiger partial charge in [0.15, 0.2) is 0 Å². The van der Waals surface area contributed by atoms with Crippen LogP contribution in [0.4, 0.5) is 4.79 Å². The standard InChI is InChI=1S/C11H20N2O2/c1-2-3-6-15-11(14)13-7-9-4-5-12-10(9)8-13/h9-10,12H,2-8H2,1H3. The number of nitrogens with zero attached hydrogens (tertiary/aromatic N) is 1. The Morgan fingerprint density at radius 1 is 1.53 bits per heavy atom. The highest BCUT2D eigenvalue weighted by Crippen LogP contribution is 2.24. The van der Waals surface area contributed by atoms with Gasteiger partial charge >= 0.3 is 6.09 Å². The van der Waals surface area contributed by atoms with E-state index in [1.54, 1.807) is 0 Å². The summed E-state index contributed by atoms with van der Waals surface area (Å²) in [6.45, 7) is 5.47. The van der Waals surface area contributed by atoms with Crippen molar-refractivity contribution >= 4 is 6.09 Å². The van der Waals surface area contributed by atoms with Crippen LogP contribution in [0.2, 0.25) is 0 Å². The Morgan fingerprint density at radius 2 is 2.40 bits per heavy atom. The van der Waals surface area contributed by atoms with Crippen molar-refractivity contribution in [1.29, 1.82) is 0 Å². The molecule has 0 aromatic rings. The number of hydrogen-bond donors (Lipinski definition) is 1. The lowest BCUT2D eigenvalue weighted by molar-refractivity contribution is 0.107. The fourth-order valence-electron chi connectivity index (χ4n) is 2.39. The molecule has 0 bridgehead atoms. The first kappa shape index (κ1) is 10.7. The highest BCUT2D eigenvalue weighted by molar-refractivity contribution is 5.68. The van der Waals surface area contributed by atoms with Crippen LogP contribution in [-0.2, 0) is 4.74 Å². The molecule has 1 N–H and O–H groups in total. The van der Waals surface area contributed by atoms with Crippen LogP contribution in [0, 0.1) is 5.92 Å². The number of fused-ring (bicyclic) bond motifs is 1. The Labute approximate surface area is 91.0 Å². The molecule has 0 saturated carbocycles. The third-order valence-corrected chi connectivity index (χ3v) is 3.34. The van der Waals surface area contributed by atoms with E-state index < -0.39 is 0 Å². The lowest BCUT2D eigenvalue weighted by Gasteiger charge is -2.16.